The zero-order valence-corrected chi connectivity index (χ0v) is 14.6. The fraction of sp³-hybridized carbons (Fsp3) is 0.143. The predicted octanol–water partition coefficient (Wildman–Crippen LogP) is 4.09. The van der Waals surface area contributed by atoms with Crippen molar-refractivity contribution in [3.63, 3.8) is 0 Å². The van der Waals surface area contributed by atoms with Crippen LogP contribution in [0.15, 0.2) is 70.1 Å². The minimum Gasteiger partial charge on any atom is -0.482 e. The Kier molecular flexibility index (Phi) is 5.17. The Morgan fingerprint density at radius 3 is 2.58 bits per heavy atom. The van der Waals surface area contributed by atoms with E-state index < -0.39 is 11.3 Å². The van der Waals surface area contributed by atoms with E-state index in [1.165, 1.54) is 6.26 Å². The van der Waals surface area contributed by atoms with Crippen LogP contribution < -0.4 is 15.5 Å². The van der Waals surface area contributed by atoms with Crippen LogP contribution in [0.5, 0.6) is 5.75 Å². The van der Waals surface area contributed by atoms with Crippen LogP contribution in [0.1, 0.15) is 27.2 Å². The smallest absolute Gasteiger partial charge is 0.291 e. The fourth-order valence-electron chi connectivity index (χ4n) is 2.43. The van der Waals surface area contributed by atoms with Crippen molar-refractivity contribution >= 4 is 11.6 Å². The van der Waals surface area contributed by atoms with Crippen LogP contribution in [-0.2, 0) is 6.61 Å². The summed E-state index contributed by atoms with van der Waals surface area (Å²) in [5, 5.41) is 2.76. The molecule has 5 heteroatoms. The normalized spacial score (nSPS) is 10.4. The van der Waals surface area contributed by atoms with E-state index in [1.54, 1.807) is 6.07 Å². The molecule has 0 aliphatic carbocycles. The van der Waals surface area contributed by atoms with Crippen molar-refractivity contribution in [1.29, 1.82) is 0 Å². The first-order valence-electron chi connectivity index (χ1n) is 8.22. The second kappa shape index (κ2) is 7.70. The molecule has 0 saturated heterocycles. The second-order valence-corrected chi connectivity index (χ2v) is 5.95. The monoisotopic (exact) mass is 349 g/mol. The molecule has 0 aliphatic rings. The molecule has 3 rings (SSSR count). The summed E-state index contributed by atoms with van der Waals surface area (Å²) in [7, 11) is 0. The first kappa shape index (κ1) is 17.5. The first-order valence-corrected chi connectivity index (χ1v) is 8.22. The Bertz CT molecular complexity index is 977. The molecule has 26 heavy (non-hydrogen) atoms. The zero-order valence-electron chi connectivity index (χ0n) is 14.6. The van der Waals surface area contributed by atoms with Gasteiger partial charge in [-0.25, -0.2) is 0 Å². The summed E-state index contributed by atoms with van der Waals surface area (Å²) in [6, 6.07) is 16.2. The number of aryl methyl sites for hydroxylation is 1. The average Bonchev–Trinajstić information content (AvgIpc) is 2.65. The largest absolute Gasteiger partial charge is 0.482 e. The molecule has 132 valence electrons. The summed E-state index contributed by atoms with van der Waals surface area (Å²) in [5.41, 5.74) is 3.24. The summed E-state index contributed by atoms with van der Waals surface area (Å²) in [4.78, 5) is 24.5. The summed E-state index contributed by atoms with van der Waals surface area (Å²) in [6.07, 6.45) is 1.17. The van der Waals surface area contributed by atoms with E-state index in [0.29, 0.717) is 5.69 Å². The van der Waals surface area contributed by atoms with Gasteiger partial charge in [0.15, 0.2) is 5.76 Å². The number of ether oxygens (including phenoxy) is 1. The van der Waals surface area contributed by atoms with Gasteiger partial charge in [-0.05, 0) is 36.6 Å². The van der Waals surface area contributed by atoms with Crippen molar-refractivity contribution in [1.82, 2.24) is 0 Å². The Labute approximate surface area is 151 Å². The van der Waals surface area contributed by atoms with Crippen molar-refractivity contribution in [3.8, 4) is 5.75 Å². The molecule has 5 nitrogen and oxygen atoms in total. The van der Waals surface area contributed by atoms with Gasteiger partial charge >= 0.3 is 0 Å². The molecule has 3 aromatic rings. The highest BCUT2D eigenvalue weighted by Crippen LogP contribution is 2.19. The van der Waals surface area contributed by atoms with E-state index in [9.17, 15) is 9.59 Å². The summed E-state index contributed by atoms with van der Waals surface area (Å²) in [6.45, 7) is 4.13. The van der Waals surface area contributed by atoms with Crippen molar-refractivity contribution in [3.05, 3.63) is 93.5 Å². The minimum atomic E-state index is -0.481. The molecule has 1 aromatic heterocycles. The fourth-order valence-corrected chi connectivity index (χ4v) is 2.43. The number of hydrogen-bond acceptors (Lipinski definition) is 4. The van der Waals surface area contributed by atoms with E-state index in [0.717, 1.165) is 22.8 Å². The molecule has 1 N–H and O–H groups in total. The van der Waals surface area contributed by atoms with E-state index in [-0.39, 0.29) is 18.1 Å². The number of amides is 1. The van der Waals surface area contributed by atoms with E-state index in [1.807, 2.05) is 56.3 Å². The van der Waals surface area contributed by atoms with Gasteiger partial charge in [0.2, 0.25) is 11.2 Å². The number of anilines is 1. The van der Waals surface area contributed by atoms with Crippen LogP contribution in [0, 0.1) is 13.8 Å². The van der Waals surface area contributed by atoms with Gasteiger partial charge in [-0.2, -0.15) is 0 Å². The van der Waals surface area contributed by atoms with Crippen molar-refractivity contribution < 1.29 is 13.9 Å². The molecular formula is C21H19NO4. The maximum Gasteiger partial charge on any atom is 0.291 e. The lowest BCUT2D eigenvalue weighted by Gasteiger charge is -2.10. The molecule has 0 unspecified atom stereocenters. The van der Waals surface area contributed by atoms with Gasteiger partial charge < -0.3 is 14.5 Å². The lowest BCUT2D eigenvalue weighted by molar-refractivity contribution is 0.0993. The number of carbonyl (C=O) groups excluding carboxylic acids is 1. The molecule has 1 heterocycles. The average molecular weight is 349 g/mol. The van der Waals surface area contributed by atoms with Gasteiger partial charge in [-0.3, -0.25) is 9.59 Å². The van der Waals surface area contributed by atoms with Gasteiger partial charge in [-0.15, -0.1) is 0 Å². The third-order valence-corrected chi connectivity index (χ3v) is 4.11. The van der Waals surface area contributed by atoms with E-state index in [4.69, 9.17) is 9.15 Å². The SMILES string of the molecule is Cc1cccc(NC(=O)c2cc(=O)c(OCc3ccccc3)co2)c1C. The summed E-state index contributed by atoms with van der Waals surface area (Å²) < 4.78 is 10.8. The summed E-state index contributed by atoms with van der Waals surface area (Å²) in [5.74, 6) is -0.481. The molecule has 0 spiro atoms. The highest BCUT2D eigenvalue weighted by molar-refractivity contribution is 6.02. The second-order valence-electron chi connectivity index (χ2n) is 5.95. The lowest BCUT2D eigenvalue weighted by atomic mass is 10.1. The van der Waals surface area contributed by atoms with Gasteiger partial charge in [0.05, 0.1) is 0 Å². The quantitative estimate of drug-likeness (QED) is 0.753. The number of carbonyl (C=O) groups is 1. The number of nitrogens with one attached hydrogen (secondary N) is 1. The van der Waals surface area contributed by atoms with Crippen molar-refractivity contribution in [2.24, 2.45) is 0 Å². The maximum atomic E-state index is 12.3. The standard InChI is InChI=1S/C21H19NO4/c1-14-7-6-10-17(15(14)2)22-21(24)19-11-18(23)20(13-26-19)25-12-16-8-4-3-5-9-16/h3-11,13H,12H2,1-2H3,(H,22,24). The third kappa shape index (κ3) is 4.00. The Hall–Kier alpha value is -3.34. The van der Waals surface area contributed by atoms with Crippen LogP contribution in [-0.4, -0.2) is 5.91 Å². The van der Waals surface area contributed by atoms with Crippen molar-refractivity contribution in [2.75, 3.05) is 5.32 Å². The molecule has 2 aromatic carbocycles. The Morgan fingerprint density at radius 1 is 1.08 bits per heavy atom. The lowest BCUT2D eigenvalue weighted by Crippen LogP contribution is -2.16. The molecule has 0 saturated carbocycles. The van der Waals surface area contributed by atoms with Gasteiger partial charge in [0, 0.05) is 11.8 Å². The topological polar surface area (TPSA) is 68.5 Å². The molecule has 0 fully saturated rings. The maximum absolute atomic E-state index is 12.3. The van der Waals surface area contributed by atoms with Gasteiger partial charge in [-0.1, -0.05) is 42.5 Å². The predicted molar refractivity (Wildman–Crippen MR) is 99.6 cm³/mol. The first-order chi connectivity index (χ1) is 12.5. The van der Waals surface area contributed by atoms with E-state index >= 15 is 0 Å². The molecular weight excluding hydrogens is 330 g/mol. The third-order valence-electron chi connectivity index (χ3n) is 4.11. The van der Waals surface area contributed by atoms with Crippen LogP contribution in [0.2, 0.25) is 0 Å². The number of benzene rings is 2. The number of rotatable bonds is 5. The highest BCUT2D eigenvalue weighted by atomic mass is 16.5. The van der Waals surface area contributed by atoms with Crippen LogP contribution in [0.25, 0.3) is 0 Å². The van der Waals surface area contributed by atoms with Gasteiger partial charge in [0.1, 0.15) is 12.9 Å². The van der Waals surface area contributed by atoms with Gasteiger partial charge in [0.25, 0.3) is 5.91 Å². The Balaban J connectivity index is 1.71. The van der Waals surface area contributed by atoms with Crippen LogP contribution >= 0.6 is 0 Å². The molecule has 0 aliphatic heterocycles. The summed E-state index contributed by atoms with van der Waals surface area (Å²) >= 11 is 0. The van der Waals surface area contributed by atoms with Crippen LogP contribution in [0.3, 0.4) is 0 Å². The highest BCUT2D eigenvalue weighted by Gasteiger charge is 2.14. The molecule has 0 atom stereocenters. The van der Waals surface area contributed by atoms with Crippen molar-refractivity contribution in [2.45, 2.75) is 20.5 Å². The minimum absolute atomic E-state index is 0.0667. The molecule has 0 bridgehead atoms. The number of hydrogen-bond donors (Lipinski definition) is 1. The van der Waals surface area contributed by atoms with Crippen LogP contribution in [0.4, 0.5) is 5.69 Å². The zero-order chi connectivity index (χ0) is 18.5. The molecule has 1 amide bonds. The molecule has 0 radical (unpaired) electrons. The van der Waals surface area contributed by atoms with E-state index in [2.05, 4.69) is 5.32 Å². The Morgan fingerprint density at radius 2 is 1.85 bits per heavy atom.